The summed E-state index contributed by atoms with van der Waals surface area (Å²) in [4.78, 5) is 2.36. The fourth-order valence-corrected chi connectivity index (χ4v) is 3.05. The minimum absolute atomic E-state index is 0.254. The van der Waals surface area contributed by atoms with E-state index in [1.165, 1.54) is 25.3 Å². The van der Waals surface area contributed by atoms with Crippen LogP contribution in [-0.4, -0.2) is 23.5 Å². The molecule has 1 fully saturated rings. The molecule has 1 atom stereocenters. The van der Waals surface area contributed by atoms with E-state index in [2.05, 4.69) is 24.2 Å². The van der Waals surface area contributed by atoms with Gasteiger partial charge < -0.3 is 0 Å². The molecule has 1 aromatic rings. The number of likely N-dealkylation sites (tertiary alicyclic amines) is 1. The van der Waals surface area contributed by atoms with Crippen LogP contribution in [0.25, 0.3) is 0 Å². The summed E-state index contributed by atoms with van der Waals surface area (Å²) >= 11 is 0. The summed E-state index contributed by atoms with van der Waals surface area (Å²) in [6.45, 7) is 6.19. The van der Waals surface area contributed by atoms with Crippen molar-refractivity contribution in [3.63, 3.8) is 0 Å². The summed E-state index contributed by atoms with van der Waals surface area (Å²) in [5, 5.41) is 0. The average molecular weight is 283 g/mol. The van der Waals surface area contributed by atoms with Crippen LogP contribution in [0.4, 0.5) is 8.78 Å². The highest BCUT2D eigenvalue weighted by molar-refractivity contribution is 5.24. The first-order valence-corrected chi connectivity index (χ1v) is 7.13. The van der Waals surface area contributed by atoms with Gasteiger partial charge in [-0.2, -0.15) is 0 Å². The van der Waals surface area contributed by atoms with E-state index >= 15 is 0 Å². The van der Waals surface area contributed by atoms with Gasteiger partial charge in [-0.25, -0.2) is 8.78 Å². The Morgan fingerprint density at radius 1 is 1.15 bits per heavy atom. The summed E-state index contributed by atoms with van der Waals surface area (Å²) in [5.74, 6) is 4.02. The number of hydrogen-bond donors (Lipinski definition) is 2. The van der Waals surface area contributed by atoms with Gasteiger partial charge in [0.25, 0.3) is 0 Å². The highest BCUT2D eigenvalue weighted by Gasteiger charge is 2.36. The zero-order valence-electron chi connectivity index (χ0n) is 12.1. The van der Waals surface area contributed by atoms with Crippen molar-refractivity contribution in [3.8, 4) is 0 Å². The van der Waals surface area contributed by atoms with Crippen molar-refractivity contribution in [3.05, 3.63) is 35.4 Å². The van der Waals surface area contributed by atoms with Gasteiger partial charge in [-0.15, -0.1) is 0 Å². The Morgan fingerprint density at radius 3 is 2.35 bits per heavy atom. The van der Waals surface area contributed by atoms with Crippen molar-refractivity contribution >= 4 is 0 Å². The van der Waals surface area contributed by atoms with Crippen LogP contribution in [0.5, 0.6) is 0 Å². The SMILES string of the molecule is CC(C)(C(NN)c1ccc(F)c(F)c1)N1CCCCC1. The Labute approximate surface area is 119 Å². The summed E-state index contributed by atoms with van der Waals surface area (Å²) in [7, 11) is 0. The molecule has 1 aromatic carbocycles. The van der Waals surface area contributed by atoms with Gasteiger partial charge in [0.2, 0.25) is 0 Å². The van der Waals surface area contributed by atoms with E-state index < -0.39 is 11.6 Å². The molecule has 0 saturated carbocycles. The van der Waals surface area contributed by atoms with E-state index in [1.807, 2.05) is 0 Å². The Bertz CT molecular complexity index is 456. The molecule has 3 nitrogen and oxygen atoms in total. The molecule has 2 rings (SSSR count). The molecule has 112 valence electrons. The molecule has 1 aliphatic rings. The number of nitrogens with zero attached hydrogens (tertiary/aromatic N) is 1. The van der Waals surface area contributed by atoms with Gasteiger partial charge >= 0.3 is 0 Å². The summed E-state index contributed by atoms with van der Waals surface area (Å²) in [6.07, 6.45) is 3.58. The van der Waals surface area contributed by atoms with Crippen molar-refractivity contribution in [1.82, 2.24) is 10.3 Å². The standard InChI is InChI=1S/C15H23F2N3/c1-15(2,20-8-4-3-5-9-20)14(19-18)11-6-7-12(16)13(17)10-11/h6-7,10,14,19H,3-5,8-9,18H2,1-2H3. The highest BCUT2D eigenvalue weighted by Crippen LogP contribution is 2.33. The van der Waals surface area contributed by atoms with Gasteiger partial charge in [-0.1, -0.05) is 12.5 Å². The van der Waals surface area contributed by atoms with E-state index in [-0.39, 0.29) is 11.6 Å². The minimum Gasteiger partial charge on any atom is -0.296 e. The van der Waals surface area contributed by atoms with Gasteiger partial charge in [0, 0.05) is 5.54 Å². The lowest BCUT2D eigenvalue weighted by atomic mass is 9.86. The second kappa shape index (κ2) is 6.16. The first kappa shape index (κ1) is 15.4. The Balaban J connectivity index is 2.27. The number of hydrogen-bond acceptors (Lipinski definition) is 3. The van der Waals surface area contributed by atoms with Gasteiger partial charge in [0.05, 0.1) is 6.04 Å². The number of nitrogens with two attached hydrogens (primary N) is 1. The lowest BCUT2D eigenvalue weighted by Gasteiger charge is -2.45. The van der Waals surface area contributed by atoms with Gasteiger partial charge in [-0.3, -0.25) is 16.2 Å². The quantitative estimate of drug-likeness (QED) is 0.659. The fraction of sp³-hybridized carbons (Fsp3) is 0.600. The maximum Gasteiger partial charge on any atom is 0.159 e. The van der Waals surface area contributed by atoms with Crippen molar-refractivity contribution in [1.29, 1.82) is 0 Å². The van der Waals surface area contributed by atoms with Crippen molar-refractivity contribution in [2.24, 2.45) is 5.84 Å². The molecule has 0 amide bonds. The first-order valence-electron chi connectivity index (χ1n) is 7.13. The van der Waals surface area contributed by atoms with Crippen molar-refractivity contribution in [2.45, 2.75) is 44.7 Å². The molecular formula is C15H23F2N3. The molecule has 0 aromatic heterocycles. The second-order valence-corrected chi connectivity index (χ2v) is 5.97. The van der Waals surface area contributed by atoms with Crippen LogP contribution in [0.3, 0.4) is 0 Å². The maximum atomic E-state index is 13.4. The number of benzene rings is 1. The molecule has 1 saturated heterocycles. The third-order valence-corrected chi connectivity index (χ3v) is 4.32. The molecule has 1 unspecified atom stereocenters. The average Bonchev–Trinajstić information content (AvgIpc) is 2.44. The molecule has 0 radical (unpaired) electrons. The number of nitrogens with one attached hydrogen (secondary N) is 1. The molecule has 1 aliphatic heterocycles. The molecule has 1 heterocycles. The minimum atomic E-state index is -0.836. The molecule has 0 spiro atoms. The fourth-order valence-electron chi connectivity index (χ4n) is 3.05. The summed E-state index contributed by atoms with van der Waals surface area (Å²) in [5.41, 5.74) is 3.18. The largest absolute Gasteiger partial charge is 0.296 e. The monoisotopic (exact) mass is 283 g/mol. The Morgan fingerprint density at radius 2 is 1.80 bits per heavy atom. The number of piperidine rings is 1. The summed E-state index contributed by atoms with van der Waals surface area (Å²) in [6, 6.07) is 3.72. The molecular weight excluding hydrogens is 260 g/mol. The topological polar surface area (TPSA) is 41.3 Å². The van der Waals surface area contributed by atoms with Crippen LogP contribution in [0, 0.1) is 11.6 Å². The molecule has 3 N–H and O–H groups in total. The van der Waals surface area contributed by atoms with Gasteiger partial charge in [0.15, 0.2) is 11.6 Å². The van der Waals surface area contributed by atoms with Crippen LogP contribution < -0.4 is 11.3 Å². The van der Waals surface area contributed by atoms with Gasteiger partial charge in [0.1, 0.15) is 0 Å². The third-order valence-electron chi connectivity index (χ3n) is 4.32. The number of hydrazine groups is 1. The zero-order valence-corrected chi connectivity index (χ0v) is 12.1. The van der Waals surface area contributed by atoms with Crippen LogP contribution in [0.1, 0.15) is 44.7 Å². The lowest BCUT2D eigenvalue weighted by Crippen LogP contribution is -2.55. The third kappa shape index (κ3) is 3.00. The van der Waals surface area contributed by atoms with Crippen LogP contribution in [0.15, 0.2) is 18.2 Å². The van der Waals surface area contributed by atoms with E-state index in [4.69, 9.17) is 5.84 Å². The number of halogens is 2. The molecule has 0 bridgehead atoms. The molecule has 20 heavy (non-hydrogen) atoms. The molecule has 5 heteroatoms. The van der Waals surface area contributed by atoms with Crippen molar-refractivity contribution < 1.29 is 8.78 Å². The predicted octanol–water partition coefficient (Wildman–Crippen LogP) is 2.73. The van der Waals surface area contributed by atoms with E-state index in [0.29, 0.717) is 5.56 Å². The predicted molar refractivity (Wildman–Crippen MR) is 75.9 cm³/mol. The Kier molecular flexibility index (Phi) is 4.73. The van der Waals surface area contributed by atoms with Gasteiger partial charge in [-0.05, 0) is 57.5 Å². The lowest BCUT2D eigenvalue weighted by molar-refractivity contribution is 0.0606. The van der Waals surface area contributed by atoms with E-state index in [0.717, 1.165) is 19.2 Å². The molecule has 0 aliphatic carbocycles. The summed E-state index contributed by atoms with van der Waals surface area (Å²) < 4.78 is 26.5. The van der Waals surface area contributed by atoms with Crippen LogP contribution in [-0.2, 0) is 0 Å². The smallest absolute Gasteiger partial charge is 0.159 e. The second-order valence-electron chi connectivity index (χ2n) is 5.97. The van der Waals surface area contributed by atoms with Crippen LogP contribution >= 0.6 is 0 Å². The first-order chi connectivity index (χ1) is 9.46. The van der Waals surface area contributed by atoms with Crippen molar-refractivity contribution in [2.75, 3.05) is 13.1 Å². The number of rotatable bonds is 4. The van der Waals surface area contributed by atoms with Crippen LogP contribution in [0.2, 0.25) is 0 Å². The normalized spacial score (nSPS) is 19.1. The maximum absolute atomic E-state index is 13.4. The highest BCUT2D eigenvalue weighted by atomic mass is 19.2. The zero-order chi connectivity index (χ0) is 14.8. The Hall–Kier alpha value is -1.04. The van der Waals surface area contributed by atoms with E-state index in [9.17, 15) is 8.78 Å². The van der Waals surface area contributed by atoms with E-state index in [1.54, 1.807) is 6.07 Å².